The molecule has 0 saturated heterocycles. The third-order valence-corrected chi connectivity index (χ3v) is 6.72. The predicted molar refractivity (Wildman–Crippen MR) is 131 cm³/mol. The van der Waals surface area contributed by atoms with Gasteiger partial charge in [-0.3, -0.25) is 14.3 Å². The van der Waals surface area contributed by atoms with Crippen molar-refractivity contribution in [1.82, 2.24) is 23.9 Å². The van der Waals surface area contributed by atoms with Crippen LogP contribution < -0.4 is 16.8 Å². The second-order valence-electron chi connectivity index (χ2n) is 8.76. The highest BCUT2D eigenvalue weighted by atomic mass is 16.2. The van der Waals surface area contributed by atoms with E-state index >= 15 is 0 Å². The molecule has 0 atom stereocenters. The Bertz CT molecular complexity index is 1700. The van der Waals surface area contributed by atoms with Gasteiger partial charge in [0.1, 0.15) is 0 Å². The number of hydrogen-bond donors (Lipinski definition) is 1. The minimum Gasteiger partial charge on any atom is -0.306 e. The van der Waals surface area contributed by atoms with E-state index in [9.17, 15) is 14.4 Å². The van der Waals surface area contributed by atoms with Crippen molar-refractivity contribution in [2.75, 3.05) is 0 Å². The molecule has 1 N–H and O–H groups in total. The van der Waals surface area contributed by atoms with E-state index in [1.807, 2.05) is 24.3 Å². The summed E-state index contributed by atoms with van der Waals surface area (Å²) in [5.41, 5.74) is 0.435. The fourth-order valence-corrected chi connectivity index (χ4v) is 5.13. The molecule has 0 spiro atoms. The van der Waals surface area contributed by atoms with Gasteiger partial charge < -0.3 is 4.98 Å². The van der Waals surface area contributed by atoms with E-state index in [1.165, 1.54) is 6.42 Å². The number of H-pyrrole nitrogens is 1. The van der Waals surface area contributed by atoms with E-state index in [4.69, 9.17) is 0 Å². The molecule has 0 bridgehead atoms. The smallest absolute Gasteiger partial charge is 0.306 e. The molecule has 5 aromatic rings. The Morgan fingerprint density at radius 2 is 1.62 bits per heavy atom. The van der Waals surface area contributed by atoms with Gasteiger partial charge in [0.05, 0.1) is 33.5 Å². The lowest BCUT2D eigenvalue weighted by atomic mass is 9.95. The number of nitrogens with zero attached hydrogens (tertiary/aromatic N) is 4. The molecule has 34 heavy (non-hydrogen) atoms. The van der Waals surface area contributed by atoms with E-state index < -0.39 is 11.2 Å². The third kappa shape index (κ3) is 3.14. The molecule has 0 amide bonds. The number of fused-ring (bicyclic) bond motifs is 2. The average Bonchev–Trinajstić information content (AvgIpc) is 3.17. The van der Waals surface area contributed by atoms with Gasteiger partial charge in [0.25, 0.3) is 11.1 Å². The van der Waals surface area contributed by atoms with Crippen molar-refractivity contribution in [1.29, 1.82) is 0 Å². The van der Waals surface area contributed by atoms with Crippen molar-refractivity contribution in [3.05, 3.63) is 98.1 Å². The Labute approximate surface area is 193 Å². The number of benzene rings is 2. The molecule has 0 radical (unpaired) electrons. The summed E-state index contributed by atoms with van der Waals surface area (Å²) in [6.45, 7) is 0. The average molecular weight is 454 g/mol. The van der Waals surface area contributed by atoms with Crippen molar-refractivity contribution in [2.45, 2.75) is 38.1 Å². The van der Waals surface area contributed by atoms with Crippen LogP contribution in [-0.4, -0.2) is 23.9 Å². The second-order valence-corrected chi connectivity index (χ2v) is 8.76. The zero-order chi connectivity index (χ0) is 23.2. The van der Waals surface area contributed by atoms with E-state index in [2.05, 4.69) is 14.6 Å². The van der Waals surface area contributed by atoms with Crippen LogP contribution in [0.3, 0.4) is 0 Å². The van der Waals surface area contributed by atoms with Crippen LogP contribution in [-0.2, 0) is 0 Å². The third-order valence-electron chi connectivity index (χ3n) is 6.72. The monoisotopic (exact) mass is 453 g/mol. The predicted octanol–water partition coefficient (Wildman–Crippen LogP) is 3.68. The Kier molecular flexibility index (Phi) is 4.79. The molecule has 0 unspecified atom stereocenters. The standard InChI is InChI=1S/C26H23N5O3/c32-24-19-10-4-5-11-21(19)28-26(34)29(24)18-13-14-22-20(16-18)25(33)31(23-12-6-7-15-27-23)30(22)17-8-2-1-3-9-17/h4-7,10-17H,1-3,8-9H2,(H,28,34). The first-order valence-electron chi connectivity index (χ1n) is 11.6. The van der Waals surface area contributed by atoms with E-state index in [0.29, 0.717) is 27.8 Å². The Morgan fingerprint density at radius 3 is 2.41 bits per heavy atom. The lowest BCUT2D eigenvalue weighted by Crippen LogP contribution is -2.33. The molecule has 8 nitrogen and oxygen atoms in total. The number of rotatable bonds is 3. The highest BCUT2D eigenvalue weighted by Gasteiger charge is 2.24. The first-order valence-corrected chi connectivity index (χ1v) is 11.6. The highest BCUT2D eigenvalue weighted by molar-refractivity contribution is 5.82. The van der Waals surface area contributed by atoms with Crippen LogP contribution >= 0.6 is 0 Å². The maximum Gasteiger partial charge on any atom is 0.333 e. The van der Waals surface area contributed by atoms with Crippen LogP contribution in [0, 0.1) is 0 Å². The second kappa shape index (κ2) is 7.98. The largest absolute Gasteiger partial charge is 0.333 e. The fraction of sp³-hybridized carbons (Fsp3) is 0.231. The van der Waals surface area contributed by atoms with E-state index in [-0.39, 0.29) is 11.6 Å². The molecule has 170 valence electrons. The molecular weight excluding hydrogens is 430 g/mol. The van der Waals surface area contributed by atoms with E-state index in [1.54, 1.807) is 47.3 Å². The summed E-state index contributed by atoms with van der Waals surface area (Å²) in [4.78, 5) is 46.9. The van der Waals surface area contributed by atoms with Crippen LogP contribution in [0.5, 0.6) is 0 Å². The van der Waals surface area contributed by atoms with Gasteiger partial charge in [-0.2, -0.15) is 4.68 Å². The quantitative estimate of drug-likeness (QED) is 0.451. The van der Waals surface area contributed by atoms with Crippen LogP contribution in [0.15, 0.2) is 81.2 Å². The van der Waals surface area contributed by atoms with Gasteiger partial charge in [0.15, 0.2) is 5.82 Å². The first kappa shape index (κ1) is 20.4. The number of nitrogens with one attached hydrogen (secondary N) is 1. The molecule has 3 heterocycles. The lowest BCUT2D eigenvalue weighted by molar-refractivity contribution is 0.318. The summed E-state index contributed by atoms with van der Waals surface area (Å²) in [6.07, 6.45) is 7.07. The number of aromatic amines is 1. The summed E-state index contributed by atoms with van der Waals surface area (Å²) in [5.74, 6) is 0.552. The fourth-order valence-electron chi connectivity index (χ4n) is 5.13. The maximum atomic E-state index is 13.7. The highest BCUT2D eigenvalue weighted by Crippen LogP contribution is 2.31. The van der Waals surface area contributed by atoms with Crippen molar-refractivity contribution >= 4 is 21.8 Å². The summed E-state index contributed by atoms with van der Waals surface area (Å²) in [7, 11) is 0. The Morgan fingerprint density at radius 1 is 0.824 bits per heavy atom. The minimum absolute atomic E-state index is 0.179. The SMILES string of the molecule is O=c1[nH]c2ccccc2c(=O)n1-c1ccc2c(c1)c(=O)n(-c1ccccn1)n2C1CCCCC1. The summed E-state index contributed by atoms with van der Waals surface area (Å²) < 4.78 is 4.78. The molecule has 2 aromatic carbocycles. The van der Waals surface area contributed by atoms with Crippen molar-refractivity contribution in [3.8, 4) is 11.5 Å². The summed E-state index contributed by atoms with van der Waals surface area (Å²) in [5, 5.41) is 0.862. The van der Waals surface area contributed by atoms with Gasteiger partial charge in [0, 0.05) is 6.20 Å². The molecule has 8 heteroatoms. The topological polar surface area (TPSA) is 94.7 Å². The molecule has 1 saturated carbocycles. The lowest BCUT2D eigenvalue weighted by Gasteiger charge is -2.26. The molecular formula is C26H23N5O3. The van der Waals surface area contributed by atoms with Crippen LogP contribution in [0.1, 0.15) is 38.1 Å². The van der Waals surface area contributed by atoms with Gasteiger partial charge in [0.2, 0.25) is 0 Å². The zero-order valence-electron chi connectivity index (χ0n) is 18.5. The van der Waals surface area contributed by atoms with Gasteiger partial charge in [-0.1, -0.05) is 37.5 Å². The van der Waals surface area contributed by atoms with Gasteiger partial charge in [-0.25, -0.2) is 14.3 Å². The number of pyridine rings is 1. The number of para-hydroxylation sites is 1. The minimum atomic E-state index is -0.542. The molecule has 3 aromatic heterocycles. The van der Waals surface area contributed by atoms with Gasteiger partial charge in [-0.15, -0.1) is 0 Å². The van der Waals surface area contributed by atoms with E-state index in [0.717, 1.165) is 35.8 Å². The van der Waals surface area contributed by atoms with Crippen LogP contribution in [0.25, 0.3) is 33.3 Å². The van der Waals surface area contributed by atoms with Gasteiger partial charge >= 0.3 is 5.69 Å². The molecule has 1 aliphatic carbocycles. The Hall–Kier alpha value is -4.20. The number of hydrogen-bond acceptors (Lipinski definition) is 4. The van der Waals surface area contributed by atoms with Crippen LogP contribution in [0.2, 0.25) is 0 Å². The normalized spacial score (nSPS) is 14.7. The summed E-state index contributed by atoms with van der Waals surface area (Å²) in [6, 6.07) is 17.8. The zero-order valence-corrected chi connectivity index (χ0v) is 18.5. The molecule has 1 aliphatic rings. The van der Waals surface area contributed by atoms with Crippen LogP contribution in [0.4, 0.5) is 0 Å². The van der Waals surface area contributed by atoms with Crippen molar-refractivity contribution < 1.29 is 0 Å². The number of aromatic nitrogens is 5. The molecule has 6 rings (SSSR count). The molecule has 1 fully saturated rings. The van der Waals surface area contributed by atoms with Crippen molar-refractivity contribution in [2.24, 2.45) is 0 Å². The van der Waals surface area contributed by atoms with Crippen molar-refractivity contribution in [3.63, 3.8) is 0 Å². The first-order chi connectivity index (χ1) is 16.6. The van der Waals surface area contributed by atoms with Gasteiger partial charge in [-0.05, 0) is 55.3 Å². The molecule has 0 aliphatic heterocycles. The Balaban J connectivity index is 1.63. The maximum absolute atomic E-state index is 13.7. The summed E-state index contributed by atoms with van der Waals surface area (Å²) >= 11 is 0.